The van der Waals surface area contributed by atoms with Gasteiger partial charge in [-0.3, -0.25) is 14.3 Å². The van der Waals surface area contributed by atoms with Crippen LogP contribution in [-0.4, -0.2) is 39.7 Å². The minimum absolute atomic E-state index is 0.153. The van der Waals surface area contributed by atoms with Gasteiger partial charge in [0.1, 0.15) is 0 Å². The molecule has 0 radical (unpaired) electrons. The maximum Gasteiger partial charge on any atom is 0.252 e. The zero-order valence-electron chi connectivity index (χ0n) is 16.0. The van der Waals surface area contributed by atoms with Gasteiger partial charge >= 0.3 is 0 Å². The van der Waals surface area contributed by atoms with E-state index in [4.69, 9.17) is 4.98 Å². The predicted molar refractivity (Wildman–Crippen MR) is 106 cm³/mol. The Balaban J connectivity index is 1.44. The first-order valence-electron chi connectivity index (χ1n) is 9.50. The highest BCUT2D eigenvalue weighted by Crippen LogP contribution is 2.40. The number of nitrogens with one attached hydrogen (secondary N) is 2. The molecule has 0 saturated heterocycles. The maximum atomic E-state index is 12.8. The highest BCUT2D eigenvalue weighted by molar-refractivity contribution is 6.06. The second kappa shape index (κ2) is 7.42. The smallest absolute Gasteiger partial charge is 0.252 e. The number of benzene rings is 1. The third kappa shape index (κ3) is 3.60. The van der Waals surface area contributed by atoms with Crippen LogP contribution < -0.4 is 10.6 Å². The van der Waals surface area contributed by atoms with Crippen molar-refractivity contribution in [1.29, 1.82) is 0 Å². The molecule has 144 valence electrons. The fraction of sp³-hybridized carbons (Fsp3) is 0.333. The molecule has 2 amide bonds. The molecular formula is C21H23N5O2. The number of fused-ring (bicyclic) bond motifs is 1. The van der Waals surface area contributed by atoms with Crippen LogP contribution in [0.5, 0.6) is 0 Å². The maximum absolute atomic E-state index is 12.8. The minimum atomic E-state index is -0.167. The van der Waals surface area contributed by atoms with E-state index in [1.807, 2.05) is 38.2 Å². The zero-order chi connectivity index (χ0) is 19.7. The summed E-state index contributed by atoms with van der Waals surface area (Å²) in [5.74, 6) is 0.121. The molecule has 7 nitrogen and oxygen atoms in total. The van der Waals surface area contributed by atoms with Gasteiger partial charge in [-0.2, -0.15) is 5.10 Å². The molecule has 28 heavy (non-hydrogen) atoms. The number of carbonyl (C=O) groups is 2. The molecule has 2 N–H and O–H groups in total. The Labute approximate surface area is 163 Å². The standard InChI is InChI=1S/C21H23N5O2/c1-13-18-16(12-17(14-8-9-14)24-19(18)26(2)25-13)21(28)23-11-10-22-20(27)15-6-4-3-5-7-15/h3-7,12,14H,8-11H2,1-2H3,(H,22,27)(H,23,28). The SMILES string of the molecule is Cc1nn(C)c2nc(C3CC3)cc(C(=O)NCCNC(=O)c3ccccc3)c12. The lowest BCUT2D eigenvalue weighted by molar-refractivity contribution is 0.0928. The van der Waals surface area contributed by atoms with E-state index in [1.54, 1.807) is 16.8 Å². The van der Waals surface area contributed by atoms with Crippen molar-refractivity contribution in [2.75, 3.05) is 13.1 Å². The summed E-state index contributed by atoms with van der Waals surface area (Å²) in [5, 5.41) is 10.9. The number of nitrogens with zero attached hydrogens (tertiary/aromatic N) is 3. The first-order chi connectivity index (χ1) is 13.5. The average Bonchev–Trinajstić information content (AvgIpc) is 3.51. The summed E-state index contributed by atoms with van der Waals surface area (Å²) in [6, 6.07) is 10.9. The van der Waals surface area contributed by atoms with Gasteiger partial charge < -0.3 is 10.6 Å². The summed E-state index contributed by atoms with van der Waals surface area (Å²) in [5.41, 5.74) is 3.69. The third-order valence-electron chi connectivity index (χ3n) is 4.96. The molecule has 1 aliphatic carbocycles. The Morgan fingerprint density at radius 2 is 1.79 bits per heavy atom. The van der Waals surface area contributed by atoms with Crippen molar-refractivity contribution >= 4 is 22.8 Å². The van der Waals surface area contributed by atoms with E-state index in [0.29, 0.717) is 30.1 Å². The first-order valence-corrected chi connectivity index (χ1v) is 9.50. The van der Waals surface area contributed by atoms with Crippen molar-refractivity contribution in [3.05, 3.63) is 58.9 Å². The molecular weight excluding hydrogens is 354 g/mol. The van der Waals surface area contributed by atoms with Gasteiger partial charge in [-0.05, 0) is 38.0 Å². The summed E-state index contributed by atoms with van der Waals surface area (Å²) in [4.78, 5) is 29.6. The van der Waals surface area contributed by atoms with Gasteiger partial charge in [0.25, 0.3) is 11.8 Å². The van der Waals surface area contributed by atoms with Crippen LogP contribution in [0.1, 0.15) is 50.9 Å². The lowest BCUT2D eigenvalue weighted by Crippen LogP contribution is -2.34. The number of aryl methyl sites for hydroxylation is 2. The zero-order valence-corrected chi connectivity index (χ0v) is 16.0. The summed E-state index contributed by atoms with van der Waals surface area (Å²) in [7, 11) is 1.85. The van der Waals surface area contributed by atoms with E-state index >= 15 is 0 Å². The molecule has 2 aromatic heterocycles. The number of amides is 2. The molecule has 0 unspecified atom stereocenters. The van der Waals surface area contributed by atoms with Gasteiger partial charge in [-0.15, -0.1) is 0 Å². The Bertz CT molecular complexity index is 1040. The van der Waals surface area contributed by atoms with Crippen LogP contribution in [0, 0.1) is 6.92 Å². The fourth-order valence-electron chi connectivity index (χ4n) is 3.37. The molecule has 3 aromatic rings. The van der Waals surface area contributed by atoms with Crippen LogP contribution in [0.15, 0.2) is 36.4 Å². The Morgan fingerprint density at radius 1 is 1.11 bits per heavy atom. The molecule has 1 aromatic carbocycles. The fourth-order valence-corrected chi connectivity index (χ4v) is 3.37. The normalized spacial score (nSPS) is 13.5. The Kier molecular flexibility index (Phi) is 4.81. The lowest BCUT2D eigenvalue weighted by atomic mass is 10.1. The van der Waals surface area contributed by atoms with Crippen molar-refractivity contribution in [2.24, 2.45) is 7.05 Å². The predicted octanol–water partition coefficient (Wildman–Crippen LogP) is 2.31. The number of hydrogen-bond donors (Lipinski definition) is 2. The van der Waals surface area contributed by atoms with Crippen LogP contribution >= 0.6 is 0 Å². The van der Waals surface area contributed by atoms with Gasteiger partial charge in [-0.25, -0.2) is 4.98 Å². The molecule has 4 rings (SSSR count). The largest absolute Gasteiger partial charge is 0.350 e. The van der Waals surface area contributed by atoms with E-state index in [2.05, 4.69) is 15.7 Å². The van der Waals surface area contributed by atoms with Gasteiger partial charge in [-0.1, -0.05) is 18.2 Å². The van der Waals surface area contributed by atoms with E-state index in [-0.39, 0.29) is 11.8 Å². The number of pyridine rings is 1. The van der Waals surface area contributed by atoms with Crippen LogP contribution in [0.4, 0.5) is 0 Å². The van der Waals surface area contributed by atoms with E-state index < -0.39 is 0 Å². The molecule has 0 aliphatic heterocycles. The van der Waals surface area contributed by atoms with E-state index in [9.17, 15) is 9.59 Å². The topological polar surface area (TPSA) is 88.9 Å². The van der Waals surface area contributed by atoms with Crippen molar-refractivity contribution in [3.8, 4) is 0 Å². The molecule has 1 fully saturated rings. The monoisotopic (exact) mass is 377 g/mol. The first kappa shape index (κ1) is 18.2. The average molecular weight is 377 g/mol. The van der Waals surface area contributed by atoms with Crippen LogP contribution in [0.3, 0.4) is 0 Å². The highest BCUT2D eigenvalue weighted by atomic mass is 16.2. The van der Waals surface area contributed by atoms with E-state index in [0.717, 1.165) is 35.3 Å². The third-order valence-corrected chi connectivity index (χ3v) is 4.96. The highest BCUT2D eigenvalue weighted by Gasteiger charge is 2.28. The minimum Gasteiger partial charge on any atom is -0.350 e. The number of hydrogen-bond acceptors (Lipinski definition) is 4. The number of carbonyl (C=O) groups excluding carboxylic acids is 2. The van der Waals surface area contributed by atoms with Gasteiger partial charge in [0.15, 0.2) is 5.65 Å². The molecule has 0 bridgehead atoms. The van der Waals surface area contributed by atoms with Crippen LogP contribution in [0.2, 0.25) is 0 Å². The Hall–Kier alpha value is -3.22. The van der Waals surface area contributed by atoms with Gasteiger partial charge in [0, 0.05) is 37.3 Å². The molecule has 0 atom stereocenters. The van der Waals surface area contributed by atoms with Crippen molar-refractivity contribution < 1.29 is 9.59 Å². The summed E-state index contributed by atoms with van der Waals surface area (Å²) in [6.45, 7) is 2.59. The summed E-state index contributed by atoms with van der Waals surface area (Å²) in [6.07, 6.45) is 2.23. The number of rotatable bonds is 6. The molecule has 2 heterocycles. The lowest BCUT2D eigenvalue weighted by Gasteiger charge is -2.10. The quantitative estimate of drug-likeness (QED) is 0.645. The van der Waals surface area contributed by atoms with Crippen LogP contribution in [-0.2, 0) is 7.05 Å². The van der Waals surface area contributed by atoms with Gasteiger partial charge in [0.05, 0.1) is 16.6 Å². The molecule has 7 heteroatoms. The summed E-state index contributed by atoms with van der Waals surface area (Å²) < 4.78 is 1.73. The van der Waals surface area contributed by atoms with Crippen molar-refractivity contribution in [3.63, 3.8) is 0 Å². The second-order valence-electron chi connectivity index (χ2n) is 7.15. The summed E-state index contributed by atoms with van der Waals surface area (Å²) >= 11 is 0. The molecule has 1 saturated carbocycles. The number of aromatic nitrogens is 3. The Morgan fingerprint density at radius 3 is 2.46 bits per heavy atom. The molecule has 1 aliphatic rings. The van der Waals surface area contributed by atoms with E-state index in [1.165, 1.54) is 0 Å². The van der Waals surface area contributed by atoms with Crippen molar-refractivity contribution in [1.82, 2.24) is 25.4 Å². The second-order valence-corrected chi connectivity index (χ2v) is 7.15. The van der Waals surface area contributed by atoms with Crippen molar-refractivity contribution in [2.45, 2.75) is 25.7 Å². The molecule has 0 spiro atoms. The van der Waals surface area contributed by atoms with Crippen LogP contribution in [0.25, 0.3) is 11.0 Å². The van der Waals surface area contributed by atoms with Gasteiger partial charge in [0.2, 0.25) is 0 Å².